The zero-order valence-electron chi connectivity index (χ0n) is 6.71. The first-order valence-electron chi connectivity index (χ1n) is 3.74. The van der Waals surface area contributed by atoms with Crippen LogP contribution in [0, 0.1) is 0 Å². The lowest BCUT2D eigenvalue weighted by Gasteiger charge is -1.99. The Bertz CT molecular complexity index is 239. The largest absolute Gasteiger partial charge is 0.464 e. The van der Waals surface area contributed by atoms with Crippen LogP contribution in [0.3, 0.4) is 0 Å². The van der Waals surface area contributed by atoms with Crippen molar-refractivity contribution in [1.82, 2.24) is 0 Å². The summed E-state index contributed by atoms with van der Waals surface area (Å²) in [6.45, 7) is 5.63. The Labute approximate surface area is 66.7 Å². The molecule has 0 saturated carbocycles. The molecule has 0 saturated heterocycles. The second kappa shape index (κ2) is 3.39. The molecule has 0 fully saturated rings. The summed E-state index contributed by atoms with van der Waals surface area (Å²) >= 11 is 0. The van der Waals surface area contributed by atoms with Gasteiger partial charge in [0.2, 0.25) is 0 Å². The van der Waals surface area contributed by atoms with Crippen LogP contribution in [0.25, 0.3) is 0 Å². The first-order chi connectivity index (χ1) is 5.27. The number of hydrogen-bond donors (Lipinski definition) is 1. The van der Waals surface area contributed by atoms with Gasteiger partial charge in [-0.25, -0.2) is 0 Å². The van der Waals surface area contributed by atoms with Crippen molar-refractivity contribution in [1.29, 1.82) is 0 Å². The maximum absolute atomic E-state index is 5.65. The van der Waals surface area contributed by atoms with E-state index in [4.69, 9.17) is 10.2 Å². The molecular formula is C9H13NO. The molecule has 2 N–H and O–H groups in total. The number of nitrogens with two attached hydrogens (primary N) is 1. The zero-order valence-corrected chi connectivity index (χ0v) is 6.71. The molecule has 0 bridgehead atoms. The van der Waals surface area contributed by atoms with Gasteiger partial charge in [0, 0.05) is 6.42 Å². The molecule has 0 spiro atoms. The van der Waals surface area contributed by atoms with E-state index in [1.165, 1.54) is 0 Å². The van der Waals surface area contributed by atoms with E-state index in [9.17, 15) is 0 Å². The quantitative estimate of drug-likeness (QED) is 0.671. The van der Waals surface area contributed by atoms with Crippen molar-refractivity contribution in [2.75, 3.05) is 0 Å². The number of aryl methyl sites for hydroxylation is 1. The second-order valence-corrected chi connectivity index (χ2v) is 2.42. The molecule has 1 heterocycles. The molecule has 1 rings (SSSR count). The molecule has 0 radical (unpaired) electrons. The Hall–Kier alpha value is -1.02. The maximum Gasteiger partial charge on any atom is 0.124 e. The van der Waals surface area contributed by atoms with Crippen molar-refractivity contribution < 1.29 is 4.42 Å². The van der Waals surface area contributed by atoms with Gasteiger partial charge >= 0.3 is 0 Å². The Morgan fingerprint density at radius 2 is 2.45 bits per heavy atom. The van der Waals surface area contributed by atoms with Crippen molar-refractivity contribution in [3.8, 4) is 0 Å². The minimum atomic E-state index is -0.171. The number of furan rings is 1. The summed E-state index contributed by atoms with van der Waals surface area (Å²) in [5.74, 6) is 1.76. The molecule has 1 atom stereocenters. The molecule has 1 aromatic heterocycles. The highest BCUT2D eigenvalue weighted by Gasteiger charge is 2.05. The van der Waals surface area contributed by atoms with Crippen LogP contribution in [-0.2, 0) is 6.42 Å². The number of hydrogen-bond acceptors (Lipinski definition) is 2. The van der Waals surface area contributed by atoms with E-state index in [0.29, 0.717) is 0 Å². The summed E-state index contributed by atoms with van der Waals surface area (Å²) in [6, 6.07) is 3.67. The Kier molecular flexibility index (Phi) is 2.49. The predicted molar refractivity (Wildman–Crippen MR) is 45.2 cm³/mol. The minimum absolute atomic E-state index is 0.171. The highest BCUT2D eigenvalue weighted by molar-refractivity contribution is 5.13. The number of rotatable bonds is 3. The predicted octanol–water partition coefficient (Wildman–Crippen LogP) is 2.03. The third-order valence-corrected chi connectivity index (χ3v) is 1.61. The van der Waals surface area contributed by atoms with Gasteiger partial charge in [-0.3, -0.25) is 0 Å². The van der Waals surface area contributed by atoms with E-state index < -0.39 is 0 Å². The summed E-state index contributed by atoms with van der Waals surface area (Å²) in [6.07, 6.45) is 2.57. The molecule has 11 heavy (non-hydrogen) atoms. The van der Waals surface area contributed by atoms with E-state index >= 15 is 0 Å². The fourth-order valence-corrected chi connectivity index (χ4v) is 0.880. The normalized spacial score (nSPS) is 12.9. The molecule has 2 heteroatoms. The fraction of sp³-hybridized carbons (Fsp3) is 0.333. The van der Waals surface area contributed by atoms with Crippen molar-refractivity contribution in [3.05, 3.63) is 36.3 Å². The third kappa shape index (κ3) is 1.71. The molecule has 2 nitrogen and oxygen atoms in total. The Balaban J connectivity index is 2.79. The van der Waals surface area contributed by atoms with Gasteiger partial charge in [0.15, 0.2) is 0 Å². The summed E-state index contributed by atoms with van der Waals surface area (Å²) in [5, 5.41) is 0. The smallest absolute Gasteiger partial charge is 0.124 e. The van der Waals surface area contributed by atoms with Crippen LogP contribution >= 0.6 is 0 Å². The molecular weight excluding hydrogens is 138 g/mol. The molecule has 0 unspecified atom stereocenters. The third-order valence-electron chi connectivity index (χ3n) is 1.61. The lowest BCUT2D eigenvalue weighted by Crippen LogP contribution is -2.04. The second-order valence-electron chi connectivity index (χ2n) is 2.42. The van der Waals surface area contributed by atoms with Crippen molar-refractivity contribution in [2.24, 2.45) is 5.73 Å². The molecule has 1 aromatic rings. The van der Waals surface area contributed by atoms with Gasteiger partial charge in [-0.15, -0.1) is 6.58 Å². The van der Waals surface area contributed by atoms with Crippen molar-refractivity contribution in [2.45, 2.75) is 19.4 Å². The minimum Gasteiger partial charge on any atom is -0.464 e. The van der Waals surface area contributed by atoms with Crippen LogP contribution < -0.4 is 5.73 Å². The van der Waals surface area contributed by atoms with Gasteiger partial charge in [-0.1, -0.05) is 13.0 Å². The summed E-state index contributed by atoms with van der Waals surface area (Å²) in [7, 11) is 0. The fourth-order valence-electron chi connectivity index (χ4n) is 0.880. The van der Waals surface area contributed by atoms with Gasteiger partial charge in [0.05, 0.1) is 6.04 Å². The van der Waals surface area contributed by atoms with Crippen molar-refractivity contribution >= 4 is 0 Å². The van der Waals surface area contributed by atoms with Crippen LogP contribution in [0.15, 0.2) is 29.2 Å². The van der Waals surface area contributed by atoms with Gasteiger partial charge in [-0.2, -0.15) is 0 Å². The van der Waals surface area contributed by atoms with Gasteiger partial charge in [0.25, 0.3) is 0 Å². The zero-order chi connectivity index (χ0) is 8.27. The monoisotopic (exact) mass is 151 g/mol. The van der Waals surface area contributed by atoms with Crippen molar-refractivity contribution in [3.63, 3.8) is 0 Å². The first-order valence-corrected chi connectivity index (χ1v) is 3.74. The van der Waals surface area contributed by atoms with Crippen LogP contribution in [0.5, 0.6) is 0 Å². The first kappa shape index (κ1) is 8.08. The van der Waals surface area contributed by atoms with E-state index in [1.54, 1.807) is 6.08 Å². The average molecular weight is 151 g/mol. The van der Waals surface area contributed by atoms with Crippen LogP contribution in [0.4, 0.5) is 0 Å². The summed E-state index contributed by atoms with van der Waals surface area (Å²) in [4.78, 5) is 0. The highest BCUT2D eigenvalue weighted by Crippen LogP contribution is 2.15. The SMILES string of the molecule is C=C[C@@H](N)c1ccc(CC)o1. The molecule has 0 aliphatic heterocycles. The van der Waals surface area contributed by atoms with Gasteiger partial charge in [0.1, 0.15) is 11.5 Å². The van der Waals surface area contributed by atoms with E-state index in [2.05, 4.69) is 6.58 Å². The molecule has 60 valence electrons. The molecule has 0 aliphatic carbocycles. The average Bonchev–Trinajstić information content (AvgIpc) is 2.50. The Morgan fingerprint density at radius 3 is 2.91 bits per heavy atom. The van der Waals surface area contributed by atoms with E-state index in [-0.39, 0.29) is 6.04 Å². The van der Waals surface area contributed by atoms with Crippen LogP contribution in [-0.4, -0.2) is 0 Å². The van der Waals surface area contributed by atoms with Gasteiger partial charge < -0.3 is 10.2 Å². The van der Waals surface area contributed by atoms with Crippen LogP contribution in [0.1, 0.15) is 24.5 Å². The summed E-state index contributed by atoms with van der Waals surface area (Å²) in [5.41, 5.74) is 5.65. The lowest BCUT2D eigenvalue weighted by atomic mass is 10.2. The van der Waals surface area contributed by atoms with E-state index in [1.807, 2.05) is 19.1 Å². The Morgan fingerprint density at radius 1 is 1.73 bits per heavy atom. The molecule has 0 aromatic carbocycles. The molecule has 0 amide bonds. The van der Waals surface area contributed by atoms with E-state index in [0.717, 1.165) is 17.9 Å². The highest BCUT2D eigenvalue weighted by atomic mass is 16.3. The topological polar surface area (TPSA) is 39.2 Å². The molecule has 0 aliphatic rings. The summed E-state index contributed by atoms with van der Waals surface area (Å²) < 4.78 is 5.39. The maximum atomic E-state index is 5.65. The van der Waals surface area contributed by atoms with Gasteiger partial charge in [-0.05, 0) is 12.1 Å². The van der Waals surface area contributed by atoms with Crippen LogP contribution in [0.2, 0.25) is 0 Å². The lowest BCUT2D eigenvalue weighted by molar-refractivity contribution is 0.457. The standard InChI is InChI=1S/C9H13NO/c1-3-7-5-6-9(11-7)8(10)4-2/h4-6,8H,2-3,10H2,1H3/t8-/m1/s1.